The fourth-order valence-corrected chi connectivity index (χ4v) is 4.48. The summed E-state index contributed by atoms with van der Waals surface area (Å²) in [4.78, 5) is 24.4. The Bertz CT molecular complexity index is 827. The minimum Gasteiger partial charge on any atom is -0.396 e. The van der Waals surface area contributed by atoms with Crippen LogP contribution in [0.15, 0.2) is 36.4 Å². The third kappa shape index (κ3) is 4.19. The lowest BCUT2D eigenvalue weighted by atomic mass is 9.96. The molecule has 0 radical (unpaired) electrons. The van der Waals surface area contributed by atoms with E-state index in [-0.39, 0.29) is 18.4 Å². The number of amides is 1. The minimum atomic E-state index is -0.0256. The highest BCUT2D eigenvalue weighted by Crippen LogP contribution is 2.26. The van der Waals surface area contributed by atoms with Crippen LogP contribution < -0.4 is 0 Å². The first-order valence-corrected chi connectivity index (χ1v) is 10.3. The van der Waals surface area contributed by atoms with E-state index in [1.54, 1.807) is 0 Å². The first-order chi connectivity index (χ1) is 13.6. The molecule has 1 aromatic heterocycles. The summed E-state index contributed by atoms with van der Waals surface area (Å²) in [5.41, 5.74) is 1.34. The molecule has 1 aromatic carbocycles. The standard InChI is InChI=1S/C22H30N4O2/c1-24-9-4-10-25(12-11-24)13-18-14-26(15-19(18)16-27)22(28)21-8-7-17-5-2-3-6-20(17)23-21/h2-3,5-8,18-19,27H,4,9-16H2,1H3/t18-,19-/m1/s1. The highest BCUT2D eigenvalue weighted by Gasteiger charge is 2.36. The molecule has 2 aliphatic heterocycles. The lowest BCUT2D eigenvalue weighted by molar-refractivity contribution is 0.0773. The predicted molar refractivity (Wildman–Crippen MR) is 110 cm³/mol. The van der Waals surface area contributed by atoms with Crippen molar-refractivity contribution in [2.24, 2.45) is 11.8 Å². The van der Waals surface area contributed by atoms with Gasteiger partial charge in [0.15, 0.2) is 0 Å². The summed E-state index contributed by atoms with van der Waals surface area (Å²) in [5, 5.41) is 10.9. The van der Waals surface area contributed by atoms with Gasteiger partial charge >= 0.3 is 0 Å². The number of likely N-dealkylation sites (N-methyl/N-ethyl adjacent to an activating group) is 1. The van der Waals surface area contributed by atoms with E-state index in [9.17, 15) is 9.90 Å². The summed E-state index contributed by atoms with van der Waals surface area (Å²) < 4.78 is 0. The van der Waals surface area contributed by atoms with Gasteiger partial charge in [-0.3, -0.25) is 4.79 Å². The van der Waals surface area contributed by atoms with Crippen molar-refractivity contribution in [3.63, 3.8) is 0 Å². The van der Waals surface area contributed by atoms with E-state index in [0.29, 0.717) is 24.7 Å². The molecule has 6 nitrogen and oxygen atoms in total. The van der Waals surface area contributed by atoms with Gasteiger partial charge in [-0.2, -0.15) is 0 Å². The molecule has 2 aliphatic rings. The predicted octanol–water partition coefficient (Wildman–Crippen LogP) is 1.55. The van der Waals surface area contributed by atoms with Crippen LogP contribution in [0.25, 0.3) is 10.9 Å². The van der Waals surface area contributed by atoms with Crippen LogP contribution in [0.3, 0.4) is 0 Å². The van der Waals surface area contributed by atoms with E-state index in [2.05, 4.69) is 21.8 Å². The van der Waals surface area contributed by atoms with Gasteiger partial charge in [0.05, 0.1) is 5.52 Å². The Kier molecular flexibility index (Phi) is 5.90. The molecule has 6 heteroatoms. The highest BCUT2D eigenvalue weighted by molar-refractivity contribution is 5.95. The van der Waals surface area contributed by atoms with Gasteiger partial charge in [0.1, 0.15) is 5.69 Å². The molecule has 3 heterocycles. The molecule has 0 bridgehead atoms. The van der Waals surface area contributed by atoms with Gasteiger partial charge in [0.25, 0.3) is 5.91 Å². The summed E-state index contributed by atoms with van der Waals surface area (Å²) >= 11 is 0. The SMILES string of the molecule is CN1CCCN(C[C@@H]2CN(C(=O)c3ccc4ccccc4n3)C[C@@H]2CO)CC1. The molecule has 1 amide bonds. The number of fused-ring (bicyclic) bond motifs is 1. The van der Waals surface area contributed by atoms with Crippen LogP contribution in [0, 0.1) is 11.8 Å². The van der Waals surface area contributed by atoms with Crippen LogP contribution in [-0.2, 0) is 0 Å². The number of aromatic nitrogens is 1. The summed E-state index contributed by atoms with van der Waals surface area (Å²) in [7, 11) is 2.17. The number of rotatable bonds is 4. The molecular formula is C22H30N4O2. The normalized spacial score (nSPS) is 24.6. The summed E-state index contributed by atoms with van der Waals surface area (Å²) in [6.45, 7) is 6.78. The molecule has 0 spiro atoms. The molecule has 2 aromatic rings. The van der Waals surface area contributed by atoms with Crippen molar-refractivity contribution >= 4 is 16.8 Å². The Hall–Kier alpha value is -2.02. The van der Waals surface area contributed by atoms with Crippen molar-refractivity contribution in [3.8, 4) is 0 Å². The Balaban J connectivity index is 1.44. The molecule has 28 heavy (non-hydrogen) atoms. The average molecular weight is 383 g/mol. The number of hydrogen-bond acceptors (Lipinski definition) is 5. The first-order valence-electron chi connectivity index (χ1n) is 10.3. The summed E-state index contributed by atoms with van der Waals surface area (Å²) in [5.74, 6) is 0.436. The fourth-order valence-electron chi connectivity index (χ4n) is 4.48. The van der Waals surface area contributed by atoms with Gasteiger partial charge in [-0.05, 0) is 44.6 Å². The Morgan fingerprint density at radius 1 is 1.07 bits per heavy atom. The molecule has 0 unspecified atom stereocenters. The molecule has 150 valence electrons. The summed E-state index contributed by atoms with van der Waals surface area (Å²) in [6, 6.07) is 11.6. The molecule has 2 atom stereocenters. The Morgan fingerprint density at radius 2 is 1.89 bits per heavy atom. The number of para-hydroxylation sites is 1. The topological polar surface area (TPSA) is 59.9 Å². The van der Waals surface area contributed by atoms with Crippen molar-refractivity contribution in [3.05, 3.63) is 42.1 Å². The number of hydrogen-bond donors (Lipinski definition) is 1. The van der Waals surface area contributed by atoms with Crippen LogP contribution in [0.5, 0.6) is 0 Å². The number of likely N-dealkylation sites (tertiary alicyclic amines) is 1. The average Bonchev–Trinajstić information content (AvgIpc) is 3.02. The van der Waals surface area contributed by atoms with Crippen LogP contribution in [-0.4, -0.2) is 90.2 Å². The number of carbonyl (C=O) groups is 1. The van der Waals surface area contributed by atoms with E-state index >= 15 is 0 Å². The second-order valence-electron chi connectivity index (χ2n) is 8.26. The molecular weight excluding hydrogens is 352 g/mol. The second kappa shape index (κ2) is 8.55. The zero-order chi connectivity index (χ0) is 19.5. The molecule has 2 saturated heterocycles. The number of aliphatic hydroxyl groups is 1. The fraction of sp³-hybridized carbons (Fsp3) is 0.545. The minimum absolute atomic E-state index is 0.0256. The number of aliphatic hydroxyl groups excluding tert-OH is 1. The largest absolute Gasteiger partial charge is 0.396 e. The first kappa shape index (κ1) is 19.3. The molecule has 1 N–H and O–H groups in total. The van der Waals surface area contributed by atoms with Gasteiger partial charge in [-0.1, -0.05) is 24.3 Å². The second-order valence-corrected chi connectivity index (χ2v) is 8.26. The van der Waals surface area contributed by atoms with E-state index in [1.807, 2.05) is 41.3 Å². The summed E-state index contributed by atoms with van der Waals surface area (Å²) in [6.07, 6.45) is 1.18. The Labute approximate surface area is 166 Å². The van der Waals surface area contributed by atoms with E-state index in [4.69, 9.17) is 0 Å². The van der Waals surface area contributed by atoms with Gasteiger partial charge in [0, 0.05) is 50.6 Å². The maximum absolute atomic E-state index is 13.0. The number of benzene rings is 1. The zero-order valence-corrected chi connectivity index (χ0v) is 16.6. The Morgan fingerprint density at radius 3 is 2.75 bits per heavy atom. The van der Waals surface area contributed by atoms with Gasteiger partial charge in [-0.15, -0.1) is 0 Å². The number of nitrogens with zero attached hydrogens (tertiary/aromatic N) is 4. The van der Waals surface area contributed by atoms with E-state index in [0.717, 1.165) is 43.6 Å². The van der Waals surface area contributed by atoms with Crippen LogP contribution in [0.4, 0.5) is 0 Å². The smallest absolute Gasteiger partial charge is 0.272 e. The third-order valence-corrected chi connectivity index (χ3v) is 6.22. The van der Waals surface area contributed by atoms with Crippen LogP contribution in [0.2, 0.25) is 0 Å². The van der Waals surface area contributed by atoms with Crippen molar-refractivity contribution in [1.82, 2.24) is 19.7 Å². The third-order valence-electron chi connectivity index (χ3n) is 6.22. The lowest BCUT2D eigenvalue weighted by Gasteiger charge is -2.26. The van der Waals surface area contributed by atoms with Gasteiger partial charge in [0.2, 0.25) is 0 Å². The molecule has 0 aliphatic carbocycles. The monoisotopic (exact) mass is 382 g/mol. The zero-order valence-electron chi connectivity index (χ0n) is 16.6. The van der Waals surface area contributed by atoms with Crippen molar-refractivity contribution in [2.75, 3.05) is 59.5 Å². The van der Waals surface area contributed by atoms with Crippen molar-refractivity contribution in [1.29, 1.82) is 0 Å². The van der Waals surface area contributed by atoms with Gasteiger partial charge < -0.3 is 19.8 Å². The number of pyridine rings is 1. The van der Waals surface area contributed by atoms with E-state index in [1.165, 1.54) is 6.42 Å². The number of carbonyl (C=O) groups excluding carboxylic acids is 1. The molecule has 2 fully saturated rings. The molecule has 0 saturated carbocycles. The lowest BCUT2D eigenvalue weighted by Crippen LogP contribution is -2.36. The maximum atomic E-state index is 13.0. The highest BCUT2D eigenvalue weighted by atomic mass is 16.3. The van der Waals surface area contributed by atoms with Crippen molar-refractivity contribution in [2.45, 2.75) is 6.42 Å². The van der Waals surface area contributed by atoms with E-state index < -0.39 is 0 Å². The van der Waals surface area contributed by atoms with Crippen LogP contribution in [0.1, 0.15) is 16.9 Å². The van der Waals surface area contributed by atoms with Gasteiger partial charge in [-0.25, -0.2) is 4.98 Å². The van der Waals surface area contributed by atoms with Crippen LogP contribution >= 0.6 is 0 Å². The maximum Gasteiger partial charge on any atom is 0.272 e. The molecule has 4 rings (SSSR count). The quantitative estimate of drug-likeness (QED) is 0.870. The van der Waals surface area contributed by atoms with Crippen molar-refractivity contribution < 1.29 is 9.90 Å².